The number of hydrogen-bond donors (Lipinski definition) is 2. The van der Waals surface area contributed by atoms with Crippen LogP contribution in [-0.2, 0) is 14.4 Å². The van der Waals surface area contributed by atoms with Crippen molar-refractivity contribution in [3.63, 3.8) is 0 Å². The molecule has 1 unspecified atom stereocenters. The number of nitrogens with one attached hydrogen (secondary N) is 1. The third kappa shape index (κ3) is 3.52. The quantitative estimate of drug-likeness (QED) is 0.495. The maximum absolute atomic E-state index is 11.9. The Labute approximate surface area is 101 Å². The minimum atomic E-state index is -0.516. The van der Waals surface area contributed by atoms with Crippen molar-refractivity contribution in [2.24, 2.45) is 5.73 Å². The molecule has 1 fully saturated rings. The van der Waals surface area contributed by atoms with E-state index in [4.69, 9.17) is 5.73 Å². The van der Waals surface area contributed by atoms with E-state index in [-0.39, 0.29) is 18.4 Å². The van der Waals surface area contributed by atoms with Gasteiger partial charge in [0.25, 0.3) is 0 Å². The number of piperazine rings is 1. The molecule has 0 spiro atoms. The van der Waals surface area contributed by atoms with Crippen LogP contribution >= 0.6 is 0 Å². The number of carbonyl (C=O) groups excluding carboxylic acids is 3. The molecule has 3 N–H and O–H groups in total. The highest BCUT2D eigenvalue weighted by Gasteiger charge is 2.34. The van der Waals surface area contributed by atoms with Gasteiger partial charge in [0.2, 0.25) is 17.7 Å². The number of nitrogens with zero attached hydrogens (tertiary/aromatic N) is 1. The first kappa shape index (κ1) is 13.6. The van der Waals surface area contributed by atoms with Gasteiger partial charge in [-0.15, -0.1) is 0 Å². The van der Waals surface area contributed by atoms with Gasteiger partial charge < -0.3 is 10.6 Å². The third-order valence-electron chi connectivity index (χ3n) is 2.81. The first-order valence-corrected chi connectivity index (χ1v) is 5.93. The summed E-state index contributed by atoms with van der Waals surface area (Å²) in [5, 5.41) is 2.24. The number of rotatable bonds is 5. The molecule has 1 rings (SSSR count). The van der Waals surface area contributed by atoms with E-state index in [2.05, 4.69) is 5.32 Å². The second kappa shape index (κ2) is 6.34. The van der Waals surface area contributed by atoms with Gasteiger partial charge in [-0.05, 0) is 25.8 Å². The van der Waals surface area contributed by atoms with Gasteiger partial charge in [0.15, 0.2) is 0 Å². The van der Waals surface area contributed by atoms with Crippen LogP contribution in [0, 0.1) is 0 Å². The second-order valence-electron chi connectivity index (χ2n) is 4.10. The van der Waals surface area contributed by atoms with Crippen molar-refractivity contribution in [2.75, 3.05) is 13.1 Å². The van der Waals surface area contributed by atoms with Gasteiger partial charge in [0, 0.05) is 6.42 Å². The van der Waals surface area contributed by atoms with E-state index in [1.807, 2.05) is 6.92 Å². The summed E-state index contributed by atoms with van der Waals surface area (Å²) >= 11 is 0. The van der Waals surface area contributed by atoms with Crippen molar-refractivity contribution in [1.82, 2.24) is 10.2 Å². The van der Waals surface area contributed by atoms with Crippen LogP contribution in [0.1, 0.15) is 32.6 Å². The molecule has 6 nitrogen and oxygen atoms in total. The Morgan fingerprint density at radius 3 is 2.76 bits per heavy atom. The maximum Gasteiger partial charge on any atom is 0.249 e. The molecule has 1 saturated heterocycles. The number of hydrogen-bond acceptors (Lipinski definition) is 4. The first-order chi connectivity index (χ1) is 8.10. The van der Waals surface area contributed by atoms with Gasteiger partial charge in [0.1, 0.15) is 12.6 Å². The molecular formula is C11H19N3O3. The molecule has 3 amide bonds. The number of carbonyl (C=O) groups is 3. The van der Waals surface area contributed by atoms with Crippen LogP contribution in [0.2, 0.25) is 0 Å². The van der Waals surface area contributed by atoms with E-state index in [1.54, 1.807) is 0 Å². The Balaban J connectivity index is 2.61. The molecule has 0 aromatic heterocycles. The molecule has 0 bridgehead atoms. The van der Waals surface area contributed by atoms with Gasteiger partial charge in [0.05, 0.1) is 0 Å². The van der Waals surface area contributed by atoms with Crippen molar-refractivity contribution < 1.29 is 14.4 Å². The van der Waals surface area contributed by atoms with Crippen LogP contribution in [0.25, 0.3) is 0 Å². The lowest BCUT2D eigenvalue weighted by Gasteiger charge is -2.33. The monoisotopic (exact) mass is 241 g/mol. The zero-order valence-corrected chi connectivity index (χ0v) is 10.1. The highest BCUT2D eigenvalue weighted by molar-refractivity contribution is 6.04. The predicted molar refractivity (Wildman–Crippen MR) is 61.8 cm³/mol. The molecule has 0 saturated carbocycles. The molecule has 96 valence electrons. The summed E-state index contributed by atoms with van der Waals surface area (Å²) in [4.78, 5) is 36.0. The summed E-state index contributed by atoms with van der Waals surface area (Å²) in [5.74, 6) is -0.934. The van der Waals surface area contributed by atoms with E-state index >= 15 is 0 Å². The van der Waals surface area contributed by atoms with E-state index in [0.717, 1.165) is 6.42 Å². The Bertz CT molecular complexity index is 317. The summed E-state index contributed by atoms with van der Waals surface area (Å²) < 4.78 is 0. The normalized spacial score (nSPS) is 20.4. The number of amides is 3. The maximum atomic E-state index is 11.9. The molecule has 1 heterocycles. The third-order valence-corrected chi connectivity index (χ3v) is 2.81. The van der Waals surface area contributed by atoms with Crippen LogP contribution < -0.4 is 11.1 Å². The van der Waals surface area contributed by atoms with Crippen molar-refractivity contribution in [3.05, 3.63) is 0 Å². The van der Waals surface area contributed by atoms with Gasteiger partial charge in [-0.1, -0.05) is 6.92 Å². The number of imide groups is 1. The van der Waals surface area contributed by atoms with Crippen LogP contribution in [0.4, 0.5) is 0 Å². The molecule has 6 heteroatoms. The lowest BCUT2D eigenvalue weighted by atomic mass is 10.1. The highest BCUT2D eigenvalue weighted by Crippen LogP contribution is 2.12. The Morgan fingerprint density at radius 2 is 2.18 bits per heavy atom. The molecule has 17 heavy (non-hydrogen) atoms. The zero-order valence-electron chi connectivity index (χ0n) is 10.1. The minimum absolute atomic E-state index is 0.0221. The molecule has 0 aromatic rings. The van der Waals surface area contributed by atoms with Crippen molar-refractivity contribution >= 4 is 17.7 Å². The fourth-order valence-corrected chi connectivity index (χ4v) is 1.90. The molecule has 0 radical (unpaired) electrons. The average Bonchev–Trinajstić information content (AvgIpc) is 2.28. The molecular weight excluding hydrogens is 222 g/mol. The molecule has 0 aliphatic carbocycles. The SMILES string of the molecule is CCC1C(=O)NC(=O)CN1C(=O)CCCCN. The van der Waals surface area contributed by atoms with Crippen molar-refractivity contribution in [1.29, 1.82) is 0 Å². The summed E-state index contributed by atoms with van der Waals surface area (Å²) in [7, 11) is 0. The van der Waals surface area contributed by atoms with Gasteiger partial charge >= 0.3 is 0 Å². The smallest absolute Gasteiger partial charge is 0.249 e. The molecule has 1 aliphatic rings. The van der Waals surface area contributed by atoms with E-state index in [9.17, 15) is 14.4 Å². The van der Waals surface area contributed by atoms with Crippen LogP contribution in [-0.4, -0.2) is 41.8 Å². The standard InChI is InChI=1S/C11H19N3O3/c1-2-8-11(17)13-9(15)7-14(8)10(16)5-3-4-6-12/h8H,2-7,12H2,1H3,(H,13,15,17). The largest absolute Gasteiger partial charge is 0.330 e. The van der Waals surface area contributed by atoms with Gasteiger partial charge in [-0.2, -0.15) is 0 Å². The van der Waals surface area contributed by atoms with E-state index < -0.39 is 11.9 Å². The van der Waals surface area contributed by atoms with E-state index in [1.165, 1.54) is 4.90 Å². The Hall–Kier alpha value is -1.43. The Morgan fingerprint density at radius 1 is 1.47 bits per heavy atom. The van der Waals surface area contributed by atoms with Crippen molar-refractivity contribution in [3.8, 4) is 0 Å². The highest BCUT2D eigenvalue weighted by atomic mass is 16.2. The van der Waals surface area contributed by atoms with Crippen molar-refractivity contribution in [2.45, 2.75) is 38.6 Å². The van der Waals surface area contributed by atoms with Crippen LogP contribution in [0.15, 0.2) is 0 Å². The molecule has 1 atom stereocenters. The average molecular weight is 241 g/mol. The molecule has 0 aromatic carbocycles. The fourth-order valence-electron chi connectivity index (χ4n) is 1.90. The van der Waals surface area contributed by atoms with E-state index in [0.29, 0.717) is 25.8 Å². The Kier molecular flexibility index (Phi) is 5.09. The lowest BCUT2D eigenvalue weighted by molar-refractivity contribution is -0.150. The van der Waals surface area contributed by atoms with Gasteiger partial charge in [-0.3, -0.25) is 19.7 Å². The second-order valence-corrected chi connectivity index (χ2v) is 4.10. The fraction of sp³-hybridized carbons (Fsp3) is 0.727. The zero-order chi connectivity index (χ0) is 12.8. The van der Waals surface area contributed by atoms with Crippen LogP contribution in [0.5, 0.6) is 0 Å². The topological polar surface area (TPSA) is 92.5 Å². The van der Waals surface area contributed by atoms with Gasteiger partial charge in [-0.25, -0.2) is 0 Å². The summed E-state index contributed by atoms with van der Waals surface area (Å²) in [6.45, 7) is 2.34. The predicted octanol–water partition coefficient (Wildman–Crippen LogP) is -0.621. The molecule has 1 aliphatic heterocycles. The van der Waals surface area contributed by atoms with Crippen LogP contribution in [0.3, 0.4) is 0 Å². The first-order valence-electron chi connectivity index (χ1n) is 5.93. The lowest BCUT2D eigenvalue weighted by Crippen LogP contribution is -2.59. The summed E-state index contributed by atoms with van der Waals surface area (Å²) in [6, 6.07) is -0.516. The number of unbranched alkanes of at least 4 members (excludes halogenated alkanes) is 1. The summed E-state index contributed by atoms with van der Waals surface area (Å²) in [6.07, 6.45) is 2.32. The number of nitrogens with two attached hydrogens (primary N) is 1. The minimum Gasteiger partial charge on any atom is -0.330 e. The summed E-state index contributed by atoms with van der Waals surface area (Å²) in [5.41, 5.74) is 5.35.